The molecule has 1 atom stereocenters. The molecule has 0 saturated heterocycles. The highest BCUT2D eigenvalue weighted by Crippen LogP contribution is 2.05. The van der Waals surface area contributed by atoms with Crippen LogP contribution < -0.4 is 0 Å². The number of rotatable bonds is 0. The summed E-state index contributed by atoms with van der Waals surface area (Å²) >= 11 is 0. The average molecular weight is 215 g/mol. The normalized spacial score (nSPS) is 21.4. The van der Waals surface area contributed by atoms with Crippen LogP contribution in [0.1, 0.15) is 13.8 Å². The molecule has 0 amide bonds. The van der Waals surface area contributed by atoms with Gasteiger partial charge < -0.3 is 4.90 Å². The lowest BCUT2D eigenvalue weighted by molar-refractivity contribution is 0.606. The molecule has 0 bridgehead atoms. The smallest absolute Gasteiger partial charge is 0.221 e. The van der Waals surface area contributed by atoms with Crippen LogP contribution in [0.15, 0.2) is 9.98 Å². The van der Waals surface area contributed by atoms with Crippen molar-refractivity contribution in [2.45, 2.75) is 19.9 Å². The van der Waals surface area contributed by atoms with Gasteiger partial charge in [0.05, 0.1) is 11.8 Å². The first-order valence-electron chi connectivity index (χ1n) is 4.20. The van der Waals surface area contributed by atoms with Crippen LogP contribution in [0.2, 0.25) is 0 Å². The van der Waals surface area contributed by atoms with Crippen LogP contribution in [0.25, 0.3) is 0 Å². The van der Waals surface area contributed by atoms with Crippen molar-refractivity contribution in [3.63, 3.8) is 0 Å². The minimum absolute atomic E-state index is 0.274. The second kappa shape index (κ2) is 3.91. The van der Waals surface area contributed by atoms with Crippen LogP contribution in [0, 0.1) is 0 Å². The second-order valence-corrected chi connectivity index (χ2v) is 4.20. The first kappa shape index (κ1) is 10.9. The zero-order valence-electron chi connectivity index (χ0n) is 8.64. The molecule has 1 unspecified atom stereocenters. The van der Waals surface area contributed by atoms with Crippen LogP contribution in [0.4, 0.5) is 0 Å². The van der Waals surface area contributed by atoms with Gasteiger partial charge in [0.2, 0.25) is 16.3 Å². The van der Waals surface area contributed by atoms with Crippen LogP contribution in [-0.2, 0) is 10.3 Å². The zero-order valence-corrected chi connectivity index (χ0v) is 9.46. The van der Waals surface area contributed by atoms with Gasteiger partial charge in [0.25, 0.3) is 0 Å². The molecule has 5 nitrogen and oxygen atoms in total. The molecule has 0 aromatic carbocycles. The lowest BCUT2D eigenvalue weighted by Crippen LogP contribution is -2.34. The third kappa shape index (κ3) is 2.01. The van der Waals surface area contributed by atoms with E-state index in [0.29, 0.717) is 11.7 Å². The molecule has 0 fully saturated rings. The van der Waals surface area contributed by atoms with Gasteiger partial charge in [-0.3, -0.25) is 0 Å². The van der Waals surface area contributed by atoms with Gasteiger partial charge in [0, 0.05) is 14.1 Å². The molecule has 1 heterocycles. The maximum Gasteiger partial charge on any atom is 0.221 e. The Balaban J connectivity index is 3.23. The van der Waals surface area contributed by atoms with E-state index in [0.717, 1.165) is 0 Å². The summed E-state index contributed by atoms with van der Waals surface area (Å²) in [4.78, 5) is 10.3. The second-order valence-electron chi connectivity index (χ2n) is 3.30. The molecular weight excluding hydrogens is 202 g/mol. The molecule has 1 aliphatic heterocycles. The molecule has 1 rings (SSSR count). The maximum atomic E-state index is 10.9. The quantitative estimate of drug-likeness (QED) is 0.526. The maximum absolute atomic E-state index is 10.9. The molecule has 0 aromatic heterocycles. The van der Waals surface area contributed by atoms with E-state index in [1.165, 1.54) is 0 Å². The summed E-state index contributed by atoms with van der Waals surface area (Å²) in [6.07, 6.45) is 0. The molecule has 0 radical (unpaired) electrons. The summed E-state index contributed by atoms with van der Waals surface area (Å²) in [6.45, 7) is 3.42. The van der Waals surface area contributed by atoms with Gasteiger partial charge in [-0.25, -0.2) is 9.98 Å². The van der Waals surface area contributed by atoms with Crippen molar-refractivity contribution >= 4 is 26.8 Å². The van der Waals surface area contributed by atoms with E-state index >= 15 is 0 Å². The van der Waals surface area contributed by atoms with E-state index in [1.54, 1.807) is 18.7 Å². The average Bonchev–Trinajstić information content (AvgIpc) is 2.01. The highest BCUT2D eigenvalue weighted by molar-refractivity contribution is 7.75. The summed E-state index contributed by atoms with van der Waals surface area (Å²) in [5.74, 6) is 0.559. The molecular formula is C8H13N3O2S. The van der Waals surface area contributed by atoms with E-state index < -0.39 is 10.3 Å². The molecule has 0 spiro atoms. The topological polar surface area (TPSA) is 62.1 Å². The molecule has 0 aromatic rings. The minimum atomic E-state index is -2.23. The van der Waals surface area contributed by atoms with E-state index in [9.17, 15) is 8.42 Å². The lowest BCUT2D eigenvalue weighted by atomic mass is 10.1. The predicted octanol–water partition coefficient (Wildman–Crippen LogP) is -0.181. The van der Waals surface area contributed by atoms with Crippen LogP contribution in [0.5, 0.6) is 0 Å². The fourth-order valence-electron chi connectivity index (χ4n) is 1.24. The number of guanidine groups is 1. The highest BCUT2D eigenvalue weighted by Gasteiger charge is 2.21. The molecule has 14 heavy (non-hydrogen) atoms. The SMILES string of the molecule is CC1=NC(N(C)C)=NC(C)C1=S(=O)=O. The van der Waals surface area contributed by atoms with Crippen molar-refractivity contribution in [1.82, 2.24) is 4.90 Å². The standard InChI is InChI=1S/C8H13N3O2S/c1-5-7(14(12)13)6(2)10-8(9-5)11(3)4/h5H,1-4H3. The number of hydrogen-bond donors (Lipinski definition) is 0. The Bertz CT molecular complexity index is 424. The van der Waals surface area contributed by atoms with Crippen molar-refractivity contribution in [1.29, 1.82) is 0 Å². The summed E-state index contributed by atoms with van der Waals surface area (Å²) in [5, 5.41) is 0. The summed E-state index contributed by atoms with van der Waals surface area (Å²) in [7, 11) is 1.41. The van der Waals surface area contributed by atoms with Crippen molar-refractivity contribution in [2.24, 2.45) is 9.98 Å². The molecule has 0 aliphatic carbocycles. The summed E-state index contributed by atoms with van der Waals surface area (Å²) in [6, 6.07) is -0.344. The first-order chi connectivity index (χ1) is 6.43. The van der Waals surface area contributed by atoms with Crippen molar-refractivity contribution < 1.29 is 8.42 Å². The van der Waals surface area contributed by atoms with E-state index in [1.807, 2.05) is 14.1 Å². The van der Waals surface area contributed by atoms with Crippen LogP contribution >= 0.6 is 0 Å². The van der Waals surface area contributed by atoms with Gasteiger partial charge in [0.15, 0.2) is 0 Å². The first-order valence-corrected chi connectivity index (χ1v) is 5.28. The molecule has 78 valence electrons. The number of hydrogen-bond acceptors (Lipinski definition) is 5. The van der Waals surface area contributed by atoms with Crippen molar-refractivity contribution in [3.05, 3.63) is 0 Å². The van der Waals surface area contributed by atoms with Crippen LogP contribution in [-0.4, -0.2) is 50.0 Å². The molecule has 0 N–H and O–H groups in total. The Labute approximate surface area is 84.7 Å². The van der Waals surface area contributed by atoms with Gasteiger partial charge in [-0.2, -0.15) is 8.42 Å². The van der Waals surface area contributed by atoms with Gasteiger partial charge in [-0.05, 0) is 13.8 Å². The Morgan fingerprint density at radius 3 is 2.29 bits per heavy atom. The molecule has 6 heteroatoms. The van der Waals surface area contributed by atoms with Gasteiger partial charge >= 0.3 is 0 Å². The van der Waals surface area contributed by atoms with E-state index in [2.05, 4.69) is 9.98 Å². The Morgan fingerprint density at radius 1 is 1.36 bits per heavy atom. The van der Waals surface area contributed by atoms with Gasteiger partial charge in [-0.15, -0.1) is 0 Å². The van der Waals surface area contributed by atoms with Gasteiger partial charge in [-0.1, -0.05) is 0 Å². The predicted molar refractivity (Wildman–Crippen MR) is 57.6 cm³/mol. The summed E-state index contributed by atoms with van der Waals surface area (Å²) < 4.78 is 21.7. The number of aliphatic imine (C=N–C) groups is 2. The zero-order chi connectivity index (χ0) is 10.9. The third-order valence-electron chi connectivity index (χ3n) is 1.89. The van der Waals surface area contributed by atoms with Gasteiger partial charge in [0.1, 0.15) is 4.86 Å². The fraction of sp³-hybridized carbons (Fsp3) is 0.625. The van der Waals surface area contributed by atoms with E-state index in [-0.39, 0.29) is 10.9 Å². The van der Waals surface area contributed by atoms with Crippen molar-refractivity contribution in [2.75, 3.05) is 14.1 Å². The Hall–Kier alpha value is -1.17. The monoisotopic (exact) mass is 215 g/mol. The highest BCUT2D eigenvalue weighted by atomic mass is 32.2. The van der Waals surface area contributed by atoms with E-state index in [4.69, 9.17) is 0 Å². The third-order valence-corrected chi connectivity index (χ3v) is 2.89. The molecule has 0 saturated carbocycles. The fourth-order valence-corrected chi connectivity index (χ4v) is 1.86. The minimum Gasteiger partial charge on any atom is -0.347 e. The summed E-state index contributed by atoms with van der Waals surface area (Å²) in [5.41, 5.74) is 0.518. The largest absolute Gasteiger partial charge is 0.347 e. The number of nitrogens with zero attached hydrogens (tertiary/aromatic N) is 3. The van der Waals surface area contributed by atoms with Crippen molar-refractivity contribution in [3.8, 4) is 0 Å². The Kier molecular flexibility index (Phi) is 3.05. The molecule has 1 aliphatic rings. The Morgan fingerprint density at radius 2 is 1.93 bits per heavy atom. The lowest BCUT2D eigenvalue weighted by Gasteiger charge is -2.19. The van der Waals surface area contributed by atoms with Crippen LogP contribution in [0.3, 0.4) is 0 Å².